The molecule has 1 amide bonds. The Hall–Kier alpha value is -3.19. The number of amides is 1. The third-order valence-electron chi connectivity index (χ3n) is 4.31. The first-order valence-electron chi connectivity index (χ1n) is 9.03. The molecule has 150 valence electrons. The molecule has 0 radical (unpaired) electrons. The predicted molar refractivity (Wildman–Crippen MR) is 114 cm³/mol. The topological polar surface area (TPSA) is 77.5 Å². The first-order valence-corrected chi connectivity index (χ1v) is 9.85. The number of methoxy groups -OCH3 is 1. The molecule has 0 bridgehead atoms. The minimum absolute atomic E-state index is 0.360. The maximum absolute atomic E-state index is 12.4. The maximum atomic E-state index is 12.4. The number of carbonyl (C=O) groups is 2. The van der Waals surface area contributed by atoms with Crippen molar-refractivity contribution in [2.45, 2.75) is 20.8 Å². The summed E-state index contributed by atoms with van der Waals surface area (Å²) in [5.74, 6) is -0.199. The highest BCUT2D eigenvalue weighted by molar-refractivity contribution is 7.17. The SMILES string of the molecule is COc1ccc(-c2nc(C)c(C(=O)OCC(=O)Nc3ccc(C)cc3C)s2)cc1. The second-order valence-electron chi connectivity index (χ2n) is 6.60. The molecule has 7 heteroatoms. The summed E-state index contributed by atoms with van der Waals surface area (Å²) in [6.45, 7) is 5.28. The molecular formula is C22H22N2O4S. The van der Waals surface area contributed by atoms with Crippen LogP contribution in [0.4, 0.5) is 5.69 Å². The molecule has 0 aliphatic carbocycles. The lowest BCUT2D eigenvalue weighted by Gasteiger charge is -2.09. The molecule has 0 fully saturated rings. The van der Waals surface area contributed by atoms with Crippen molar-refractivity contribution in [3.8, 4) is 16.3 Å². The number of carbonyl (C=O) groups excluding carboxylic acids is 2. The van der Waals surface area contributed by atoms with Crippen LogP contribution in [0.2, 0.25) is 0 Å². The Morgan fingerprint density at radius 2 is 1.79 bits per heavy atom. The van der Waals surface area contributed by atoms with Crippen LogP contribution in [0.1, 0.15) is 26.5 Å². The lowest BCUT2D eigenvalue weighted by molar-refractivity contribution is -0.119. The van der Waals surface area contributed by atoms with Gasteiger partial charge in [-0.1, -0.05) is 17.7 Å². The number of aryl methyl sites for hydroxylation is 3. The zero-order valence-corrected chi connectivity index (χ0v) is 17.6. The fourth-order valence-electron chi connectivity index (χ4n) is 2.78. The average Bonchev–Trinajstić information content (AvgIpc) is 3.10. The molecule has 1 heterocycles. The second kappa shape index (κ2) is 8.87. The maximum Gasteiger partial charge on any atom is 0.350 e. The number of hydrogen-bond donors (Lipinski definition) is 1. The van der Waals surface area contributed by atoms with Crippen LogP contribution in [-0.2, 0) is 9.53 Å². The summed E-state index contributed by atoms with van der Waals surface area (Å²) < 4.78 is 10.3. The van der Waals surface area contributed by atoms with Gasteiger partial charge in [0.1, 0.15) is 15.6 Å². The fourth-order valence-corrected chi connectivity index (χ4v) is 3.75. The molecule has 6 nitrogen and oxygen atoms in total. The van der Waals surface area contributed by atoms with Crippen molar-refractivity contribution in [2.24, 2.45) is 0 Å². The highest BCUT2D eigenvalue weighted by atomic mass is 32.1. The number of benzene rings is 2. The number of rotatable bonds is 6. The van der Waals surface area contributed by atoms with E-state index in [0.717, 1.165) is 22.4 Å². The van der Waals surface area contributed by atoms with Gasteiger partial charge in [0, 0.05) is 11.3 Å². The van der Waals surface area contributed by atoms with Crippen LogP contribution in [0.15, 0.2) is 42.5 Å². The molecule has 1 aromatic heterocycles. The van der Waals surface area contributed by atoms with E-state index in [1.807, 2.05) is 56.3 Å². The highest BCUT2D eigenvalue weighted by Crippen LogP contribution is 2.29. The third-order valence-corrected chi connectivity index (χ3v) is 5.50. The summed E-state index contributed by atoms with van der Waals surface area (Å²) in [5.41, 5.74) is 4.21. The third kappa shape index (κ3) is 5.00. The number of ether oxygens (including phenoxy) is 2. The van der Waals surface area contributed by atoms with E-state index in [1.165, 1.54) is 11.3 Å². The van der Waals surface area contributed by atoms with Crippen LogP contribution in [-0.4, -0.2) is 30.6 Å². The average molecular weight is 410 g/mol. The Morgan fingerprint density at radius 3 is 2.45 bits per heavy atom. The Morgan fingerprint density at radius 1 is 1.07 bits per heavy atom. The Balaban J connectivity index is 1.63. The first kappa shape index (κ1) is 20.5. The van der Waals surface area contributed by atoms with Gasteiger partial charge in [0.05, 0.1) is 12.8 Å². The van der Waals surface area contributed by atoms with Crippen LogP contribution < -0.4 is 10.1 Å². The van der Waals surface area contributed by atoms with Gasteiger partial charge in [0.2, 0.25) is 0 Å². The van der Waals surface area contributed by atoms with E-state index in [2.05, 4.69) is 10.3 Å². The van der Waals surface area contributed by atoms with Crippen molar-refractivity contribution in [3.63, 3.8) is 0 Å². The molecule has 2 aromatic carbocycles. The zero-order valence-electron chi connectivity index (χ0n) is 16.7. The van der Waals surface area contributed by atoms with E-state index in [1.54, 1.807) is 14.0 Å². The quantitative estimate of drug-likeness (QED) is 0.604. The summed E-state index contributed by atoms with van der Waals surface area (Å²) in [6, 6.07) is 13.1. The number of nitrogens with zero attached hydrogens (tertiary/aromatic N) is 1. The van der Waals surface area contributed by atoms with Crippen molar-refractivity contribution in [1.29, 1.82) is 0 Å². The molecule has 0 atom stereocenters. The lowest BCUT2D eigenvalue weighted by atomic mass is 10.1. The first-order chi connectivity index (χ1) is 13.9. The van der Waals surface area contributed by atoms with Gasteiger partial charge in [0.25, 0.3) is 5.91 Å². The minimum atomic E-state index is -0.560. The van der Waals surface area contributed by atoms with Gasteiger partial charge in [-0.25, -0.2) is 9.78 Å². The molecule has 3 aromatic rings. The predicted octanol–water partition coefficient (Wildman–Crippen LogP) is 4.54. The summed E-state index contributed by atoms with van der Waals surface area (Å²) in [7, 11) is 1.60. The van der Waals surface area contributed by atoms with E-state index in [9.17, 15) is 9.59 Å². The molecule has 3 rings (SSSR count). The molecule has 0 aliphatic heterocycles. The summed E-state index contributed by atoms with van der Waals surface area (Å²) in [6.07, 6.45) is 0. The van der Waals surface area contributed by atoms with Crippen LogP contribution in [0.5, 0.6) is 5.75 Å². The standard InChI is InChI=1S/C22H22N2O4S/c1-13-5-10-18(14(2)11-13)24-19(25)12-28-22(26)20-15(3)23-21(29-20)16-6-8-17(27-4)9-7-16/h5-11H,12H2,1-4H3,(H,24,25). The van der Waals surface area contributed by atoms with Crippen molar-refractivity contribution in [3.05, 3.63) is 64.2 Å². The van der Waals surface area contributed by atoms with Gasteiger partial charge >= 0.3 is 5.97 Å². The second-order valence-corrected chi connectivity index (χ2v) is 7.60. The Labute approximate surface area is 173 Å². The van der Waals surface area contributed by atoms with Crippen LogP contribution >= 0.6 is 11.3 Å². The van der Waals surface area contributed by atoms with Crippen LogP contribution in [0.3, 0.4) is 0 Å². The van der Waals surface area contributed by atoms with Gasteiger partial charge in [-0.3, -0.25) is 4.79 Å². The Bertz CT molecular complexity index is 1040. The normalized spacial score (nSPS) is 10.5. The molecule has 29 heavy (non-hydrogen) atoms. The molecule has 0 unspecified atom stereocenters. The summed E-state index contributed by atoms with van der Waals surface area (Å²) >= 11 is 1.24. The lowest BCUT2D eigenvalue weighted by Crippen LogP contribution is -2.21. The largest absolute Gasteiger partial charge is 0.497 e. The molecule has 0 saturated carbocycles. The van der Waals surface area contributed by atoms with Crippen LogP contribution in [0.25, 0.3) is 10.6 Å². The summed E-state index contributed by atoms with van der Waals surface area (Å²) in [4.78, 5) is 29.4. The smallest absolute Gasteiger partial charge is 0.350 e. The number of esters is 1. The molecule has 0 spiro atoms. The number of anilines is 1. The highest BCUT2D eigenvalue weighted by Gasteiger charge is 2.19. The van der Waals surface area contributed by atoms with Gasteiger partial charge in [-0.2, -0.15) is 0 Å². The van der Waals surface area contributed by atoms with Crippen molar-refractivity contribution in [1.82, 2.24) is 4.98 Å². The van der Waals surface area contributed by atoms with Crippen molar-refractivity contribution < 1.29 is 19.1 Å². The monoisotopic (exact) mass is 410 g/mol. The van der Waals surface area contributed by atoms with E-state index >= 15 is 0 Å². The van der Waals surface area contributed by atoms with E-state index in [0.29, 0.717) is 21.3 Å². The van der Waals surface area contributed by atoms with Gasteiger partial charge < -0.3 is 14.8 Å². The van der Waals surface area contributed by atoms with Crippen molar-refractivity contribution >= 4 is 28.9 Å². The van der Waals surface area contributed by atoms with E-state index in [4.69, 9.17) is 9.47 Å². The minimum Gasteiger partial charge on any atom is -0.497 e. The van der Waals surface area contributed by atoms with Gasteiger partial charge in [-0.05, 0) is 56.7 Å². The van der Waals surface area contributed by atoms with Gasteiger partial charge in [-0.15, -0.1) is 11.3 Å². The van der Waals surface area contributed by atoms with E-state index < -0.39 is 5.97 Å². The van der Waals surface area contributed by atoms with E-state index in [-0.39, 0.29) is 12.5 Å². The number of thiazole rings is 1. The molecular weight excluding hydrogens is 388 g/mol. The zero-order chi connectivity index (χ0) is 21.0. The van der Waals surface area contributed by atoms with Crippen molar-refractivity contribution in [2.75, 3.05) is 19.0 Å². The molecule has 0 saturated heterocycles. The number of nitrogens with one attached hydrogen (secondary N) is 1. The summed E-state index contributed by atoms with van der Waals surface area (Å²) in [5, 5.41) is 3.47. The molecule has 1 N–H and O–H groups in total. The number of hydrogen-bond acceptors (Lipinski definition) is 6. The molecule has 0 aliphatic rings. The van der Waals surface area contributed by atoms with Gasteiger partial charge in [0.15, 0.2) is 6.61 Å². The Kier molecular flexibility index (Phi) is 6.29. The number of aromatic nitrogens is 1. The van der Waals surface area contributed by atoms with Crippen LogP contribution in [0, 0.1) is 20.8 Å². The fraction of sp³-hybridized carbons (Fsp3) is 0.227.